The molecule has 0 saturated carbocycles. The van der Waals surface area contributed by atoms with Crippen LogP contribution in [0.15, 0.2) is 58.8 Å². The first-order chi connectivity index (χ1) is 11.2. The van der Waals surface area contributed by atoms with Crippen LogP contribution >= 0.6 is 21.6 Å². The maximum Gasteiger partial charge on any atom is 2.00 e. The van der Waals surface area contributed by atoms with E-state index in [4.69, 9.17) is 30.6 Å². The summed E-state index contributed by atoms with van der Waals surface area (Å²) in [7, 11) is 2.52. The van der Waals surface area contributed by atoms with Gasteiger partial charge in [0.1, 0.15) is 0 Å². The van der Waals surface area contributed by atoms with Crippen LogP contribution in [0.25, 0.3) is 0 Å². The van der Waals surface area contributed by atoms with Crippen molar-refractivity contribution in [1.29, 1.82) is 0 Å². The fourth-order valence-electron chi connectivity index (χ4n) is 1.04. The van der Waals surface area contributed by atoms with E-state index in [-0.39, 0.29) is 48.9 Å². The molecule has 0 atom stereocenters. The molecule has 0 unspecified atom stereocenters. The first-order valence-electron chi connectivity index (χ1n) is 5.58. The maximum atomic E-state index is 11.3. The maximum absolute atomic E-state index is 11.3. The van der Waals surface area contributed by atoms with Crippen LogP contribution in [0.4, 0.5) is 0 Å². The van der Waals surface area contributed by atoms with Crippen LogP contribution in [-0.2, 0) is 0 Å². The van der Waals surface area contributed by atoms with Gasteiger partial charge in [0, 0.05) is 45.9 Å². The molecular formula is C10H8BaN4O8S2. The monoisotopic (exact) mass is 514 g/mol. The SMILES string of the molecule is O=[N+]([O-])[O-].O=[N+]([O-])[O-].[Ba+2].[O-][n+]1ccccc1SSc1cccc[n+]1[O-]. The Bertz CT molecular complexity index is 615. The van der Waals surface area contributed by atoms with Crippen molar-refractivity contribution in [1.82, 2.24) is 0 Å². The Morgan fingerprint density at radius 1 is 0.720 bits per heavy atom. The zero-order valence-electron chi connectivity index (χ0n) is 12.2. The molecule has 2 aromatic heterocycles. The third kappa shape index (κ3) is 14.6. The number of hydrogen-bond donors (Lipinski definition) is 0. The van der Waals surface area contributed by atoms with Gasteiger partial charge in [-0.05, 0) is 12.1 Å². The third-order valence-electron chi connectivity index (χ3n) is 1.79. The largest absolute Gasteiger partial charge is 2.00 e. The summed E-state index contributed by atoms with van der Waals surface area (Å²) in [4.78, 5) is 16.5. The molecule has 12 nitrogen and oxygen atoms in total. The summed E-state index contributed by atoms with van der Waals surface area (Å²) in [6.45, 7) is 0. The molecule has 0 fully saturated rings. The first kappa shape index (κ1) is 25.8. The summed E-state index contributed by atoms with van der Waals surface area (Å²) >= 11 is 0. The summed E-state index contributed by atoms with van der Waals surface area (Å²) in [5, 5.41) is 53.3. The van der Waals surface area contributed by atoms with Crippen molar-refractivity contribution in [2.75, 3.05) is 0 Å². The second-order valence-corrected chi connectivity index (χ2v) is 5.51. The minimum atomic E-state index is -1.75. The summed E-state index contributed by atoms with van der Waals surface area (Å²) in [6, 6.07) is 10.3. The van der Waals surface area contributed by atoms with E-state index in [1.54, 1.807) is 36.4 Å². The molecule has 0 amide bonds. The van der Waals surface area contributed by atoms with Gasteiger partial charge in [0.2, 0.25) is 0 Å². The Hall–Kier alpha value is -1.43. The molecule has 0 saturated heterocycles. The van der Waals surface area contributed by atoms with Crippen LogP contribution < -0.4 is 9.46 Å². The van der Waals surface area contributed by atoms with E-state index in [2.05, 4.69) is 0 Å². The molecule has 0 bridgehead atoms. The van der Waals surface area contributed by atoms with E-state index in [0.717, 1.165) is 9.46 Å². The van der Waals surface area contributed by atoms with Crippen molar-refractivity contribution < 1.29 is 19.6 Å². The molecule has 0 N–H and O–H groups in total. The number of aromatic nitrogens is 2. The first-order valence-corrected chi connectivity index (χ1v) is 7.73. The van der Waals surface area contributed by atoms with Crippen LogP contribution in [0, 0.1) is 41.1 Å². The van der Waals surface area contributed by atoms with Crippen molar-refractivity contribution in [2.24, 2.45) is 0 Å². The van der Waals surface area contributed by atoms with Crippen LogP contribution in [0.3, 0.4) is 0 Å². The summed E-state index contributed by atoms with van der Waals surface area (Å²) in [5.41, 5.74) is 0. The van der Waals surface area contributed by atoms with E-state index in [1.165, 1.54) is 34.0 Å². The normalized spacial score (nSPS) is 8.48. The number of pyridine rings is 2. The Morgan fingerprint density at radius 3 is 1.24 bits per heavy atom. The van der Waals surface area contributed by atoms with E-state index < -0.39 is 10.2 Å². The van der Waals surface area contributed by atoms with Gasteiger partial charge in [-0.3, -0.25) is 0 Å². The molecule has 130 valence electrons. The predicted molar refractivity (Wildman–Crippen MR) is 89.0 cm³/mol. The van der Waals surface area contributed by atoms with E-state index in [0.29, 0.717) is 10.1 Å². The second kappa shape index (κ2) is 14.9. The van der Waals surface area contributed by atoms with Gasteiger partial charge in [0.05, 0.1) is 10.2 Å². The number of hydrogen-bond acceptors (Lipinski definition) is 10. The zero-order valence-corrected chi connectivity index (χ0v) is 18.3. The van der Waals surface area contributed by atoms with Crippen molar-refractivity contribution in [3.05, 3.63) is 89.8 Å². The minimum Gasteiger partial charge on any atom is -0.618 e. The van der Waals surface area contributed by atoms with Crippen LogP contribution in [0.2, 0.25) is 0 Å². The van der Waals surface area contributed by atoms with Gasteiger partial charge in [-0.25, -0.2) is 0 Å². The van der Waals surface area contributed by atoms with Gasteiger partial charge in [-0.1, -0.05) is 0 Å². The van der Waals surface area contributed by atoms with Crippen LogP contribution in [0.1, 0.15) is 0 Å². The third-order valence-corrected chi connectivity index (χ3v) is 4.12. The summed E-state index contributed by atoms with van der Waals surface area (Å²) in [5.74, 6) is 0. The molecule has 0 aliphatic rings. The van der Waals surface area contributed by atoms with Crippen molar-refractivity contribution in [3.8, 4) is 0 Å². The molecule has 0 radical (unpaired) electrons. The van der Waals surface area contributed by atoms with Gasteiger partial charge in [-0.2, -0.15) is 9.46 Å². The van der Waals surface area contributed by atoms with Gasteiger partial charge in [-0.15, -0.1) is 0 Å². The zero-order chi connectivity index (χ0) is 18.5. The average molecular weight is 514 g/mol. The minimum absolute atomic E-state index is 0. The van der Waals surface area contributed by atoms with Crippen LogP contribution in [0.5, 0.6) is 0 Å². The fraction of sp³-hybridized carbons (Fsp3) is 0. The Balaban J connectivity index is 0. The quantitative estimate of drug-likeness (QED) is 0.142. The topological polar surface area (TPSA) is 186 Å². The fourth-order valence-corrected chi connectivity index (χ4v) is 3.03. The van der Waals surface area contributed by atoms with Gasteiger partial charge >= 0.3 is 48.9 Å². The molecule has 15 heteroatoms. The van der Waals surface area contributed by atoms with E-state index >= 15 is 0 Å². The van der Waals surface area contributed by atoms with Crippen molar-refractivity contribution >= 4 is 70.5 Å². The Morgan fingerprint density at radius 2 is 1.00 bits per heavy atom. The summed E-state index contributed by atoms with van der Waals surface area (Å²) in [6.07, 6.45) is 2.86. The van der Waals surface area contributed by atoms with Gasteiger partial charge in [0.15, 0.2) is 12.4 Å². The predicted octanol–water partition coefficient (Wildman–Crippen LogP) is 0.894. The molecule has 0 aromatic carbocycles. The van der Waals surface area contributed by atoms with E-state index in [9.17, 15) is 10.4 Å². The molecule has 0 spiro atoms. The van der Waals surface area contributed by atoms with Gasteiger partial charge < -0.3 is 41.1 Å². The van der Waals surface area contributed by atoms with Crippen molar-refractivity contribution in [3.63, 3.8) is 0 Å². The molecule has 0 aliphatic carbocycles. The van der Waals surface area contributed by atoms with Crippen LogP contribution in [-0.4, -0.2) is 59.1 Å². The molecule has 2 rings (SSSR count). The molecule has 0 aliphatic heterocycles. The molecular weight excluding hydrogens is 506 g/mol. The Labute approximate surface area is 188 Å². The van der Waals surface area contributed by atoms with Crippen molar-refractivity contribution in [2.45, 2.75) is 10.1 Å². The standard InChI is InChI=1S/C10H8N2O2S2.Ba.2NO3/c13-11-7-3-1-5-9(11)15-16-10-6-2-4-8-12(10)14;;2*2-1(3)4/h1-8H;;;/q;+2;2*-1. The molecule has 2 aromatic rings. The van der Waals surface area contributed by atoms with E-state index in [1.807, 2.05) is 0 Å². The second-order valence-electron chi connectivity index (χ2n) is 3.34. The number of nitrogens with zero attached hydrogens (tertiary/aromatic N) is 4. The number of rotatable bonds is 3. The summed E-state index contributed by atoms with van der Waals surface area (Å²) < 4.78 is 1.55. The Kier molecular flexibility index (Phi) is 15.4. The molecule has 2 heterocycles. The average Bonchev–Trinajstić information content (AvgIpc) is 2.47. The smallest absolute Gasteiger partial charge is 0.618 e. The molecule has 25 heavy (non-hydrogen) atoms. The van der Waals surface area contributed by atoms with Gasteiger partial charge in [0.25, 0.3) is 10.1 Å².